The molecule has 3 fully saturated rings. The zero-order valence-electron chi connectivity index (χ0n) is 16.6. The molecule has 3 rings (SSSR count). The van der Waals surface area contributed by atoms with Gasteiger partial charge in [0.1, 0.15) is 6.04 Å². The van der Waals surface area contributed by atoms with E-state index in [1.807, 2.05) is 0 Å². The van der Waals surface area contributed by atoms with Gasteiger partial charge in [0.05, 0.1) is 18.6 Å². The molecule has 3 aliphatic heterocycles. The van der Waals surface area contributed by atoms with Crippen LogP contribution in [0.1, 0.15) is 39.0 Å². The number of amides is 3. The molecule has 0 N–H and O–H groups in total. The fourth-order valence-electron chi connectivity index (χ4n) is 4.95. The second kappa shape index (κ2) is 7.93. The van der Waals surface area contributed by atoms with E-state index in [4.69, 9.17) is 4.74 Å². The van der Waals surface area contributed by atoms with E-state index in [0.29, 0.717) is 51.9 Å². The highest BCUT2D eigenvalue weighted by Crippen LogP contribution is 2.45. The Bertz CT molecular complexity index is 645. The van der Waals surface area contributed by atoms with Crippen LogP contribution in [0.2, 0.25) is 0 Å². The van der Waals surface area contributed by atoms with E-state index in [9.17, 15) is 23.2 Å². The molecule has 0 aromatic rings. The van der Waals surface area contributed by atoms with Crippen molar-refractivity contribution in [2.75, 3.05) is 46.4 Å². The van der Waals surface area contributed by atoms with Crippen LogP contribution in [0.3, 0.4) is 0 Å². The lowest BCUT2D eigenvalue weighted by atomic mass is 9.71. The number of likely N-dealkylation sites (tertiary alicyclic amines) is 3. The predicted octanol–water partition coefficient (Wildman–Crippen LogP) is 1.12. The third-order valence-electron chi connectivity index (χ3n) is 6.16. The fraction of sp³-hybridized carbons (Fsp3) is 0.842. The molecule has 0 bridgehead atoms. The molecule has 0 radical (unpaired) electrons. The summed E-state index contributed by atoms with van der Waals surface area (Å²) in [5, 5.41) is 0. The third kappa shape index (κ3) is 3.99. The molecule has 7 nitrogen and oxygen atoms in total. The molecule has 158 valence electrons. The first-order valence-electron chi connectivity index (χ1n) is 9.91. The lowest BCUT2D eigenvalue weighted by Gasteiger charge is -2.49. The van der Waals surface area contributed by atoms with Gasteiger partial charge in [0.15, 0.2) is 0 Å². The van der Waals surface area contributed by atoms with Gasteiger partial charge in [0.25, 0.3) is 5.92 Å². The van der Waals surface area contributed by atoms with Crippen LogP contribution in [0.15, 0.2) is 0 Å². The molecule has 3 amide bonds. The number of ether oxygens (including phenoxy) is 1. The van der Waals surface area contributed by atoms with Gasteiger partial charge in [0.2, 0.25) is 17.7 Å². The second-order valence-electron chi connectivity index (χ2n) is 8.27. The Hall–Kier alpha value is -1.77. The summed E-state index contributed by atoms with van der Waals surface area (Å²) in [6.45, 7) is 2.37. The highest BCUT2D eigenvalue weighted by molar-refractivity contribution is 5.89. The van der Waals surface area contributed by atoms with Crippen molar-refractivity contribution in [1.82, 2.24) is 14.7 Å². The summed E-state index contributed by atoms with van der Waals surface area (Å²) in [6.07, 6.45) is 1.58. The summed E-state index contributed by atoms with van der Waals surface area (Å²) in [6, 6.07) is -0.702. The molecule has 0 saturated carbocycles. The SMILES string of the molecule is COCCN1CCC[C@@]2(CN(C(=O)[C@@H]3CCCN3C(C)=O)CC(F)(F)C2)C1=O. The van der Waals surface area contributed by atoms with E-state index in [2.05, 4.69) is 0 Å². The first-order valence-corrected chi connectivity index (χ1v) is 9.91. The van der Waals surface area contributed by atoms with Gasteiger partial charge in [-0.25, -0.2) is 8.78 Å². The monoisotopic (exact) mass is 401 g/mol. The number of alkyl halides is 2. The van der Waals surface area contributed by atoms with Crippen LogP contribution in [0, 0.1) is 5.41 Å². The summed E-state index contributed by atoms with van der Waals surface area (Å²) in [5.41, 5.74) is -1.26. The van der Waals surface area contributed by atoms with E-state index in [-0.39, 0.29) is 18.4 Å². The summed E-state index contributed by atoms with van der Waals surface area (Å²) in [5.74, 6) is -4.14. The summed E-state index contributed by atoms with van der Waals surface area (Å²) < 4.78 is 34.4. The van der Waals surface area contributed by atoms with Gasteiger partial charge in [-0.2, -0.15) is 0 Å². The lowest BCUT2D eigenvalue weighted by Crippen LogP contribution is -2.63. The number of carbonyl (C=O) groups is 3. The van der Waals surface area contributed by atoms with Crippen LogP contribution >= 0.6 is 0 Å². The first-order chi connectivity index (χ1) is 13.2. The minimum atomic E-state index is -3.13. The number of hydrogen-bond donors (Lipinski definition) is 0. The fourth-order valence-corrected chi connectivity index (χ4v) is 4.95. The van der Waals surface area contributed by atoms with Crippen molar-refractivity contribution >= 4 is 17.7 Å². The molecule has 0 aliphatic carbocycles. The average molecular weight is 401 g/mol. The maximum atomic E-state index is 14.7. The molecule has 0 unspecified atom stereocenters. The number of halogens is 2. The van der Waals surface area contributed by atoms with E-state index < -0.39 is 36.3 Å². The van der Waals surface area contributed by atoms with Crippen LogP contribution in [0.25, 0.3) is 0 Å². The number of carbonyl (C=O) groups excluding carboxylic acids is 3. The van der Waals surface area contributed by atoms with Gasteiger partial charge < -0.3 is 19.4 Å². The van der Waals surface area contributed by atoms with Crippen molar-refractivity contribution < 1.29 is 27.9 Å². The first kappa shape index (κ1) is 21.0. The Balaban J connectivity index is 1.82. The Labute approximate surface area is 163 Å². The Morgan fingerprint density at radius 2 is 1.96 bits per heavy atom. The molecule has 9 heteroatoms. The number of piperidine rings is 2. The zero-order chi connectivity index (χ0) is 20.5. The molecule has 2 atom stereocenters. The molecular weight excluding hydrogens is 372 g/mol. The molecule has 3 heterocycles. The van der Waals surface area contributed by atoms with Gasteiger partial charge >= 0.3 is 0 Å². The van der Waals surface area contributed by atoms with E-state index >= 15 is 0 Å². The number of methoxy groups -OCH3 is 1. The van der Waals surface area contributed by atoms with Gasteiger partial charge in [-0.15, -0.1) is 0 Å². The topological polar surface area (TPSA) is 70.2 Å². The van der Waals surface area contributed by atoms with Crippen molar-refractivity contribution in [3.63, 3.8) is 0 Å². The van der Waals surface area contributed by atoms with E-state index in [1.165, 1.54) is 18.9 Å². The van der Waals surface area contributed by atoms with E-state index in [1.54, 1.807) is 4.90 Å². The smallest absolute Gasteiger partial charge is 0.266 e. The van der Waals surface area contributed by atoms with Gasteiger partial charge in [0, 0.05) is 46.6 Å². The number of hydrogen-bond acceptors (Lipinski definition) is 4. The molecule has 3 aliphatic rings. The van der Waals surface area contributed by atoms with Crippen LogP contribution in [0.5, 0.6) is 0 Å². The number of nitrogens with zero attached hydrogens (tertiary/aromatic N) is 3. The largest absolute Gasteiger partial charge is 0.383 e. The molecule has 0 aromatic carbocycles. The maximum Gasteiger partial charge on any atom is 0.266 e. The van der Waals surface area contributed by atoms with Crippen LogP contribution in [-0.2, 0) is 19.1 Å². The summed E-state index contributed by atoms with van der Waals surface area (Å²) in [7, 11) is 1.53. The highest BCUT2D eigenvalue weighted by atomic mass is 19.3. The predicted molar refractivity (Wildman–Crippen MR) is 96.7 cm³/mol. The Morgan fingerprint density at radius 3 is 2.64 bits per heavy atom. The van der Waals surface area contributed by atoms with Crippen molar-refractivity contribution in [2.24, 2.45) is 5.41 Å². The van der Waals surface area contributed by atoms with Gasteiger partial charge in [-0.3, -0.25) is 14.4 Å². The summed E-state index contributed by atoms with van der Waals surface area (Å²) >= 11 is 0. The van der Waals surface area contributed by atoms with Gasteiger partial charge in [-0.1, -0.05) is 0 Å². The van der Waals surface area contributed by atoms with Crippen LogP contribution < -0.4 is 0 Å². The van der Waals surface area contributed by atoms with Crippen LogP contribution in [-0.4, -0.2) is 90.8 Å². The van der Waals surface area contributed by atoms with E-state index in [0.717, 1.165) is 4.90 Å². The second-order valence-corrected chi connectivity index (χ2v) is 8.27. The average Bonchev–Trinajstić information content (AvgIpc) is 3.11. The Kier molecular flexibility index (Phi) is 5.93. The third-order valence-corrected chi connectivity index (χ3v) is 6.16. The minimum Gasteiger partial charge on any atom is -0.383 e. The Morgan fingerprint density at radius 1 is 1.21 bits per heavy atom. The van der Waals surface area contributed by atoms with Crippen LogP contribution in [0.4, 0.5) is 8.78 Å². The quantitative estimate of drug-likeness (QED) is 0.708. The number of rotatable bonds is 4. The maximum absolute atomic E-state index is 14.7. The molecule has 1 spiro atoms. The minimum absolute atomic E-state index is 0.00795. The standard InChI is InChI=1S/C19H29F2N3O4/c1-14(25)24-8-3-5-15(24)16(26)23-12-18(11-19(20,21)13-23)6-4-7-22(17(18)27)9-10-28-2/h15H,3-13H2,1-2H3/t15-,18+/m0/s1. The van der Waals surface area contributed by atoms with Gasteiger partial charge in [-0.05, 0) is 25.7 Å². The highest BCUT2D eigenvalue weighted by Gasteiger charge is 2.56. The lowest BCUT2D eigenvalue weighted by molar-refractivity contribution is -0.177. The normalized spacial score (nSPS) is 30.2. The zero-order valence-corrected chi connectivity index (χ0v) is 16.6. The molecule has 0 aromatic heterocycles. The molecular formula is C19H29F2N3O4. The van der Waals surface area contributed by atoms with Crippen molar-refractivity contribution in [3.05, 3.63) is 0 Å². The van der Waals surface area contributed by atoms with Crippen molar-refractivity contribution in [1.29, 1.82) is 0 Å². The summed E-state index contributed by atoms with van der Waals surface area (Å²) in [4.78, 5) is 42.1. The van der Waals surface area contributed by atoms with Crippen molar-refractivity contribution in [2.45, 2.75) is 51.0 Å². The molecule has 3 saturated heterocycles. The molecule has 28 heavy (non-hydrogen) atoms. The van der Waals surface area contributed by atoms with Crippen molar-refractivity contribution in [3.8, 4) is 0 Å².